The van der Waals surface area contributed by atoms with Gasteiger partial charge in [0.1, 0.15) is 5.82 Å². The summed E-state index contributed by atoms with van der Waals surface area (Å²) in [5, 5.41) is 0.121. The van der Waals surface area contributed by atoms with Gasteiger partial charge in [-0.05, 0) is 37.2 Å². The highest BCUT2D eigenvalue weighted by atomic mass is 35.5. The van der Waals surface area contributed by atoms with Gasteiger partial charge in [-0.15, -0.1) is 0 Å². The van der Waals surface area contributed by atoms with E-state index >= 15 is 0 Å². The van der Waals surface area contributed by atoms with Crippen LogP contribution in [0.5, 0.6) is 0 Å². The first kappa shape index (κ1) is 13.7. The van der Waals surface area contributed by atoms with Crippen molar-refractivity contribution in [2.24, 2.45) is 11.8 Å². The summed E-state index contributed by atoms with van der Waals surface area (Å²) in [6.45, 7) is 4.53. The Morgan fingerprint density at radius 3 is 2.80 bits per heavy atom. The second-order valence-corrected chi connectivity index (χ2v) is 6.47. The van der Waals surface area contributed by atoms with Crippen LogP contribution in [-0.2, 0) is 0 Å². The Morgan fingerprint density at radius 1 is 1.35 bits per heavy atom. The van der Waals surface area contributed by atoms with Gasteiger partial charge in [0.25, 0.3) is 0 Å². The van der Waals surface area contributed by atoms with Gasteiger partial charge >= 0.3 is 0 Å². The van der Waals surface area contributed by atoms with Crippen LogP contribution in [-0.4, -0.2) is 9.55 Å². The fourth-order valence-electron chi connectivity index (χ4n) is 3.49. The van der Waals surface area contributed by atoms with Crippen molar-refractivity contribution in [3.8, 4) is 0 Å². The molecule has 5 heteroatoms. The summed E-state index contributed by atoms with van der Waals surface area (Å²) in [5.41, 5.74) is 7.48. The third kappa shape index (κ3) is 2.16. The smallest absolute Gasteiger partial charge is 0.201 e. The molecule has 1 saturated carbocycles. The van der Waals surface area contributed by atoms with Crippen molar-refractivity contribution in [3.63, 3.8) is 0 Å². The van der Waals surface area contributed by atoms with Crippen LogP contribution in [0.25, 0.3) is 11.0 Å². The molecule has 0 saturated heterocycles. The Morgan fingerprint density at radius 2 is 2.10 bits per heavy atom. The summed E-state index contributed by atoms with van der Waals surface area (Å²) in [4.78, 5) is 4.29. The Labute approximate surface area is 122 Å². The number of nitrogens with zero attached hydrogens (tertiary/aromatic N) is 2. The summed E-state index contributed by atoms with van der Waals surface area (Å²) < 4.78 is 15.6. The van der Waals surface area contributed by atoms with Crippen LogP contribution in [0.2, 0.25) is 5.02 Å². The number of hydrogen-bond acceptors (Lipinski definition) is 2. The van der Waals surface area contributed by atoms with Crippen molar-refractivity contribution in [3.05, 3.63) is 23.0 Å². The zero-order valence-corrected chi connectivity index (χ0v) is 12.5. The van der Waals surface area contributed by atoms with Gasteiger partial charge in [-0.3, -0.25) is 0 Å². The van der Waals surface area contributed by atoms with Gasteiger partial charge in [0.2, 0.25) is 5.95 Å². The van der Waals surface area contributed by atoms with Gasteiger partial charge in [-0.2, -0.15) is 0 Å². The fourth-order valence-corrected chi connectivity index (χ4v) is 3.65. The number of anilines is 1. The molecule has 1 fully saturated rings. The second-order valence-electron chi connectivity index (χ2n) is 6.06. The molecule has 0 amide bonds. The predicted molar refractivity (Wildman–Crippen MR) is 80.3 cm³/mol. The molecular weight excluding hydrogens is 277 g/mol. The van der Waals surface area contributed by atoms with E-state index in [1.165, 1.54) is 18.9 Å². The highest BCUT2D eigenvalue weighted by molar-refractivity contribution is 6.31. The average Bonchev–Trinajstić information content (AvgIpc) is 2.66. The summed E-state index contributed by atoms with van der Waals surface area (Å²) in [5.74, 6) is 1.28. The topological polar surface area (TPSA) is 43.8 Å². The summed E-state index contributed by atoms with van der Waals surface area (Å²) in [6, 6.07) is 3.32. The first-order valence-electron chi connectivity index (χ1n) is 7.09. The third-order valence-electron chi connectivity index (χ3n) is 4.48. The van der Waals surface area contributed by atoms with E-state index < -0.39 is 5.82 Å². The molecule has 2 aromatic rings. The van der Waals surface area contributed by atoms with Crippen molar-refractivity contribution >= 4 is 28.6 Å². The first-order chi connectivity index (χ1) is 9.47. The maximum Gasteiger partial charge on any atom is 0.201 e. The molecule has 0 radical (unpaired) electrons. The SMILES string of the molecule is CC1CCC(n2c(N)nc3cc(F)c(Cl)cc32)C(C)C1. The molecule has 0 aliphatic heterocycles. The van der Waals surface area contributed by atoms with Crippen LogP contribution in [0.3, 0.4) is 0 Å². The number of benzene rings is 1. The van der Waals surface area contributed by atoms with Gasteiger partial charge in [0.05, 0.1) is 16.1 Å². The predicted octanol–water partition coefficient (Wildman–Crippen LogP) is 4.41. The molecule has 3 atom stereocenters. The zero-order chi connectivity index (χ0) is 14.4. The second kappa shape index (κ2) is 4.92. The minimum Gasteiger partial charge on any atom is -0.369 e. The van der Waals surface area contributed by atoms with Crippen LogP contribution in [0.4, 0.5) is 10.3 Å². The van der Waals surface area contributed by atoms with E-state index in [2.05, 4.69) is 18.8 Å². The zero-order valence-electron chi connectivity index (χ0n) is 11.7. The molecule has 1 aliphatic carbocycles. The van der Waals surface area contributed by atoms with E-state index in [1.807, 2.05) is 4.57 Å². The highest BCUT2D eigenvalue weighted by Gasteiger charge is 2.29. The molecule has 3 nitrogen and oxygen atoms in total. The van der Waals surface area contributed by atoms with E-state index in [4.69, 9.17) is 17.3 Å². The largest absolute Gasteiger partial charge is 0.369 e. The maximum atomic E-state index is 13.5. The Balaban J connectivity index is 2.11. The number of nitrogens with two attached hydrogens (primary N) is 1. The molecule has 108 valence electrons. The normalized spacial score (nSPS) is 27.1. The molecule has 1 aliphatic rings. The molecule has 3 rings (SSSR count). The third-order valence-corrected chi connectivity index (χ3v) is 4.77. The number of fused-ring (bicyclic) bond motifs is 1. The number of aromatic nitrogens is 2. The Hall–Kier alpha value is -1.29. The number of hydrogen-bond donors (Lipinski definition) is 1. The summed E-state index contributed by atoms with van der Waals surface area (Å²) in [7, 11) is 0. The standard InChI is InChI=1S/C15H19ClFN3/c1-8-3-4-13(9(2)5-8)20-14-6-10(16)11(17)7-12(14)19-15(20)18/h6-9,13H,3-5H2,1-2H3,(H2,18,19). The molecule has 3 unspecified atom stereocenters. The highest BCUT2D eigenvalue weighted by Crippen LogP contribution is 2.40. The molecule has 2 N–H and O–H groups in total. The van der Waals surface area contributed by atoms with Crippen molar-refractivity contribution in [2.75, 3.05) is 5.73 Å². The van der Waals surface area contributed by atoms with Crippen molar-refractivity contribution in [1.82, 2.24) is 9.55 Å². The van der Waals surface area contributed by atoms with E-state index in [0.717, 1.165) is 17.9 Å². The van der Waals surface area contributed by atoms with Crippen LogP contribution in [0, 0.1) is 17.7 Å². The number of imidazole rings is 1. The van der Waals surface area contributed by atoms with E-state index in [9.17, 15) is 4.39 Å². The van der Waals surface area contributed by atoms with E-state index in [1.54, 1.807) is 6.07 Å². The van der Waals surface area contributed by atoms with Crippen LogP contribution in [0.15, 0.2) is 12.1 Å². The van der Waals surface area contributed by atoms with E-state index in [-0.39, 0.29) is 5.02 Å². The molecule has 20 heavy (non-hydrogen) atoms. The molecule has 0 bridgehead atoms. The van der Waals surface area contributed by atoms with Crippen molar-refractivity contribution in [2.45, 2.75) is 39.2 Å². The fraction of sp³-hybridized carbons (Fsp3) is 0.533. The lowest BCUT2D eigenvalue weighted by Crippen LogP contribution is -2.25. The van der Waals surface area contributed by atoms with Gasteiger partial charge in [0.15, 0.2) is 0 Å². The van der Waals surface area contributed by atoms with Gasteiger partial charge in [0, 0.05) is 12.1 Å². The monoisotopic (exact) mass is 295 g/mol. The van der Waals surface area contributed by atoms with Gasteiger partial charge < -0.3 is 10.3 Å². The van der Waals surface area contributed by atoms with Crippen LogP contribution in [0.1, 0.15) is 39.2 Å². The Bertz CT molecular complexity index is 652. The average molecular weight is 296 g/mol. The van der Waals surface area contributed by atoms with Crippen LogP contribution >= 0.6 is 11.6 Å². The number of nitrogen functional groups attached to an aromatic ring is 1. The summed E-state index contributed by atoms with van der Waals surface area (Å²) in [6.07, 6.45) is 3.44. The lowest BCUT2D eigenvalue weighted by molar-refractivity contribution is 0.213. The molecule has 1 heterocycles. The molecular formula is C15H19ClFN3. The molecule has 0 spiro atoms. The quantitative estimate of drug-likeness (QED) is 0.847. The summed E-state index contributed by atoms with van der Waals surface area (Å²) >= 11 is 5.91. The van der Waals surface area contributed by atoms with Crippen molar-refractivity contribution in [1.29, 1.82) is 0 Å². The first-order valence-corrected chi connectivity index (χ1v) is 7.47. The number of rotatable bonds is 1. The Kier molecular flexibility index (Phi) is 3.36. The lowest BCUT2D eigenvalue weighted by Gasteiger charge is -2.34. The van der Waals surface area contributed by atoms with Crippen LogP contribution < -0.4 is 5.73 Å². The van der Waals surface area contributed by atoms with E-state index in [0.29, 0.717) is 23.4 Å². The van der Waals surface area contributed by atoms with Crippen molar-refractivity contribution < 1.29 is 4.39 Å². The minimum absolute atomic E-state index is 0.121. The molecule has 1 aromatic carbocycles. The van der Waals surface area contributed by atoms with Gasteiger partial charge in [-0.1, -0.05) is 25.4 Å². The van der Waals surface area contributed by atoms with Gasteiger partial charge in [-0.25, -0.2) is 9.37 Å². The minimum atomic E-state index is -0.450. The molecule has 1 aromatic heterocycles. The lowest BCUT2D eigenvalue weighted by atomic mass is 9.79. The maximum absolute atomic E-state index is 13.5. The number of halogens is 2.